The van der Waals surface area contributed by atoms with E-state index in [1.165, 1.54) is 25.7 Å². The summed E-state index contributed by atoms with van der Waals surface area (Å²) in [7, 11) is 0. The third kappa shape index (κ3) is 2.81. The van der Waals surface area contributed by atoms with Gasteiger partial charge in [0.15, 0.2) is 0 Å². The summed E-state index contributed by atoms with van der Waals surface area (Å²) in [6.45, 7) is 3.72. The van der Waals surface area contributed by atoms with E-state index in [0.717, 1.165) is 47.9 Å². The second-order valence-electron chi connectivity index (χ2n) is 8.31. The van der Waals surface area contributed by atoms with Crippen molar-refractivity contribution < 1.29 is 4.74 Å². The molecule has 4 heterocycles. The van der Waals surface area contributed by atoms with Crippen LogP contribution in [0.3, 0.4) is 0 Å². The lowest BCUT2D eigenvalue weighted by atomic mass is 9.85. The van der Waals surface area contributed by atoms with Gasteiger partial charge in [0.25, 0.3) is 0 Å². The predicted octanol–water partition coefficient (Wildman–Crippen LogP) is 4.00. The molecule has 3 aromatic rings. The van der Waals surface area contributed by atoms with Crippen molar-refractivity contribution in [2.45, 2.75) is 70.6 Å². The maximum absolute atomic E-state index is 13.6. The molecule has 1 aliphatic heterocycles. The fourth-order valence-corrected chi connectivity index (χ4v) is 5.08. The van der Waals surface area contributed by atoms with E-state index < -0.39 is 0 Å². The van der Waals surface area contributed by atoms with Gasteiger partial charge in [0, 0.05) is 24.2 Å². The molecule has 27 heavy (non-hydrogen) atoms. The average molecular weight is 368 g/mol. The number of fused-ring (bicyclic) bond motifs is 3. The summed E-state index contributed by atoms with van der Waals surface area (Å²) in [4.78, 5) is 21.4. The maximum Gasteiger partial charge on any atom is 0.329 e. The van der Waals surface area contributed by atoms with Crippen molar-refractivity contribution in [3.63, 3.8) is 0 Å². The molecule has 1 unspecified atom stereocenters. The van der Waals surface area contributed by atoms with Crippen molar-refractivity contribution in [3.8, 4) is 0 Å². The molecule has 0 bridgehead atoms. The standard InChI is InChI=1S/C21H28N4O2/c1-14-6-2-3-8-17(14)25-19-16-9-10-22-20(16)23-12-18(19)24(21(25)26)13-15-7-4-5-11-27-15/h9-10,12,14-15,17H,2-8,11,13H2,1H3,(H,22,23)/t14-,15?,17+/m1/s1. The molecule has 0 radical (unpaired) electrons. The molecule has 144 valence electrons. The van der Waals surface area contributed by atoms with Gasteiger partial charge in [0.2, 0.25) is 0 Å². The van der Waals surface area contributed by atoms with E-state index in [-0.39, 0.29) is 17.8 Å². The molecule has 1 saturated carbocycles. The van der Waals surface area contributed by atoms with Gasteiger partial charge in [0.1, 0.15) is 5.65 Å². The number of pyridine rings is 1. The van der Waals surface area contributed by atoms with Crippen LogP contribution in [0.1, 0.15) is 57.9 Å². The zero-order valence-electron chi connectivity index (χ0n) is 16.0. The minimum atomic E-state index is 0.105. The first kappa shape index (κ1) is 17.0. The Balaban J connectivity index is 1.70. The van der Waals surface area contributed by atoms with Crippen LogP contribution in [-0.4, -0.2) is 31.8 Å². The smallest absolute Gasteiger partial charge is 0.329 e. The highest BCUT2D eigenvalue weighted by atomic mass is 16.5. The van der Waals surface area contributed by atoms with E-state index >= 15 is 0 Å². The number of H-pyrrole nitrogens is 1. The van der Waals surface area contributed by atoms with Crippen molar-refractivity contribution in [3.05, 3.63) is 28.9 Å². The predicted molar refractivity (Wildman–Crippen MR) is 106 cm³/mol. The lowest BCUT2D eigenvalue weighted by molar-refractivity contribution is 0.00591. The van der Waals surface area contributed by atoms with E-state index in [0.29, 0.717) is 12.5 Å². The molecule has 5 rings (SSSR count). The second kappa shape index (κ2) is 6.82. The molecule has 0 aromatic carbocycles. The van der Waals surface area contributed by atoms with Gasteiger partial charge in [-0.3, -0.25) is 9.13 Å². The average Bonchev–Trinajstić information content (AvgIpc) is 3.27. The van der Waals surface area contributed by atoms with Crippen LogP contribution in [-0.2, 0) is 11.3 Å². The molecule has 6 nitrogen and oxygen atoms in total. The topological polar surface area (TPSA) is 64.8 Å². The lowest BCUT2D eigenvalue weighted by Gasteiger charge is -2.30. The molecule has 0 spiro atoms. The number of hydrogen-bond acceptors (Lipinski definition) is 3. The first-order valence-corrected chi connectivity index (χ1v) is 10.4. The molecule has 2 aliphatic rings. The summed E-state index contributed by atoms with van der Waals surface area (Å²) in [5.74, 6) is 0.517. The van der Waals surface area contributed by atoms with Crippen molar-refractivity contribution in [2.75, 3.05) is 6.61 Å². The zero-order chi connectivity index (χ0) is 18.4. The number of hydrogen-bond donors (Lipinski definition) is 1. The first-order chi connectivity index (χ1) is 13.2. The highest BCUT2D eigenvalue weighted by Gasteiger charge is 2.29. The van der Waals surface area contributed by atoms with Crippen LogP contribution in [0.4, 0.5) is 0 Å². The lowest BCUT2D eigenvalue weighted by Crippen LogP contribution is -2.35. The van der Waals surface area contributed by atoms with Gasteiger partial charge in [-0.1, -0.05) is 19.8 Å². The molecule has 1 saturated heterocycles. The first-order valence-electron chi connectivity index (χ1n) is 10.4. The normalized spacial score (nSPS) is 26.8. The number of rotatable bonds is 3. The van der Waals surface area contributed by atoms with Crippen LogP contribution in [0.5, 0.6) is 0 Å². The number of aromatic amines is 1. The molecule has 3 aromatic heterocycles. The molecular weight excluding hydrogens is 340 g/mol. The van der Waals surface area contributed by atoms with Gasteiger partial charge in [-0.05, 0) is 44.1 Å². The van der Waals surface area contributed by atoms with Crippen LogP contribution in [0.15, 0.2) is 23.3 Å². The Hall–Kier alpha value is -2.08. The zero-order valence-corrected chi connectivity index (χ0v) is 16.0. The minimum absolute atomic E-state index is 0.105. The molecule has 3 atom stereocenters. The third-order valence-electron chi connectivity index (χ3n) is 6.57. The Labute approximate surface area is 158 Å². The van der Waals surface area contributed by atoms with E-state index in [9.17, 15) is 4.79 Å². The molecule has 1 aliphatic carbocycles. The molecule has 2 fully saturated rings. The van der Waals surface area contributed by atoms with Crippen molar-refractivity contribution >= 4 is 22.1 Å². The van der Waals surface area contributed by atoms with Crippen LogP contribution in [0, 0.1) is 5.92 Å². The Bertz CT molecular complexity index is 1010. The van der Waals surface area contributed by atoms with Gasteiger partial charge in [-0.25, -0.2) is 9.78 Å². The van der Waals surface area contributed by atoms with Gasteiger partial charge in [0.05, 0.1) is 29.9 Å². The summed E-state index contributed by atoms with van der Waals surface area (Å²) in [6, 6.07) is 2.32. The number of ether oxygens (including phenoxy) is 1. The molecular formula is C21H28N4O2. The quantitative estimate of drug-likeness (QED) is 0.760. The van der Waals surface area contributed by atoms with Crippen LogP contribution in [0.2, 0.25) is 0 Å². The Morgan fingerprint density at radius 2 is 2.07 bits per heavy atom. The van der Waals surface area contributed by atoms with E-state index in [1.54, 1.807) is 0 Å². The van der Waals surface area contributed by atoms with Gasteiger partial charge in [-0.2, -0.15) is 0 Å². The Morgan fingerprint density at radius 1 is 1.22 bits per heavy atom. The Kier molecular flexibility index (Phi) is 4.31. The van der Waals surface area contributed by atoms with Crippen LogP contribution < -0.4 is 5.69 Å². The largest absolute Gasteiger partial charge is 0.376 e. The third-order valence-corrected chi connectivity index (χ3v) is 6.57. The monoisotopic (exact) mass is 368 g/mol. The summed E-state index contributed by atoms with van der Waals surface area (Å²) >= 11 is 0. The number of nitrogens with one attached hydrogen (secondary N) is 1. The fourth-order valence-electron chi connectivity index (χ4n) is 5.08. The fraction of sp³-hybridized carbons (Fsp3) is 0.619. The van der Waals surface area contributed by atoms with E-state index in [2.05, 4.69) is 27.5 Å². The summed E-state index contributed by atoms with van der Waals surface area (Å²) < 4.78 is 9.94. The summed E-state index contributed by atoms with van der Waals surface area (Å²) in [6.07, 6.45) is 12.0. The SMILES string of the molecule is C[C@@H]1CCCC[C@@H]1n1c(=O)n(CC2CCCCO2)c2cnc3[nH]ccc3c21. The number of imidazole rings is 1. The minimum Gasteiger partial charge on any atom is -0.376 e. The van der Waals surface area contributed by atoms with Crippen LogP contribution in [0.25, 0.3) is 22.1 Å². The maximum atomic E-state index is 13.6. The summed E-state index contributed by atoms with van der Waals surface area (Å²) in [5.41, 5.74) is 2.94. The van der Waals surface area contributed by atoms with Crippen molar-refractivity contribution in [2.24, 2.45) is 5.92 Å². The van der Waals surface area contributed by atoms with Gasteiger partial charge >= 0.3 is 5.69 Å². The molecule has 0 amide bonds. The van der Waals surface area contributed by atoms with Gasteiger partial charge < -0.3 is 9.72 Å². The van der Waals surface area contributed by atoms with Gasteiger partial charge in [-0.15, -0.1) is 0 Å². The number of aromatic nitrogens is 4. The second-order valence-corrected chi connectivity index (χ2v) is 8.31. The molecule has 6 heteroatoms. The summed E-state index contributed by atoms with van der Waals surface area (Å²) in [5, 5.41) is 1.05. The van der Waals surface area contributed by atoms with E-state index in [1.807, 2.05) is 17.0 Å². The number of nitrogens with zero attached hydrogens (tertiary/aromatic N) is 3. The Morgan fingerprint density at radius 3 is 2.89 bits per heavy atom. The van der Waals surface area contributed by atoms with E-state index in [4.69, 9.17) is 4.74 Å². The van der Waals surface area contributed by atoms with Crippen molar-refractivity contribution in [1.82, 2.24) is 19.1 Å². The van der Waals surface area contributed by atoms with Crippen LogP contribution >= 0.6 is 0 Å². The highest BCUT2D eigenvalue weighted by Crippen LogP contribution is 2.36. The highest BCUT2D eigenvalue weighted by molar-refractivity contribution is 6.01. The molecule has 1 N–H and O–H groups in total. The van der Waals surface area contributed by atoms with Crippen molar-refractivity contribution in [1.29, 1.82) is 0 Å².